The van der Waals surface area contributed by atoms with E-state index in [4.69, 9.17) is 0 Å². The second kappa shape index (κ2) is 7.79. The summed E-state index contributed by atoms with van der Waals surface area (Å²) in [5.41, 5.74) is 0.525. The zero-order valence-corrected chi connectivity index (χ0v) is 15.0. The summed E-state index contributed by atoms with van der Waals surface area (Å²) in [6, 6.07) is 1.40. The maximum atomic E-state index is 3.81. The first kappa shape index (κ1) is 18.0. The highest BCUT2D eigenvalue weighted by atomic mass is 15.1. The van der Waals surface area contributed by atoms with Crippen LogP contribution in [0.3, 0.4) is 0 Å². The molecular formula is C18H38N2. The van der Waals surface area contributed by atoms with Crippen molar-refractivity contribution in [1.29, 1.82) is 0 Å². The van der Waals surface area contributed by atoms with Gasteiger partial charge in [-0.1, -0.05) is 34.6 Å². The summed E-state index contributed by atoms with van der Waals surface area (Å²) in [6.07, 6.45) is 5.32. The number of hydrogen-bond donors (Lipinski definition) is 1. The van der Waals surface area contributed by atoms with E-state index in [2.05, 4.69) is 58.8 Å². The lowest BCUT2D eigenvalue weighted by molar-refractivity contribution is 0.0877. The molecule has 0 spiro atoms. The largest absolute Gasteiger partial charge is 0.314 e. The SMILES string of the molecule is CCCNC1CCC(C)(C)CC1CN(C)C(C)C(C)C. The molecule has 0 aromatic rings. The molecule has 1 rings (SSSR count). The number of rotatable bonds is 7. The molecule has 0 heterocycles. The second-order valence-corrected chi connectivity index (χ2v) is 8.15. The van der Waals surface area contributed by atoms with Gasteiger partial charge in [0.1, 0.15) is 0 Å². The van der Waals surface area contributed by atoms with E-state index in [-0.39, 0.29) is 0 Å². The van der Waals surface area contributed by atoms with Gasteiger partial charge >= 0.3 is 0 Å². The minimum Gasteiger partial charge on any atom is -0.314 e. The summed E-state index contributed by atoms with van der Waals surface area (Å²) in [7, 11) is 2.31. The maximum Gasteiger partial charge on any atom is 0.0108 e. The Bertz CT molecular complexity index is 273. The van der Waals surface area contributed by atoms with Crippen molar-refractivity contribution in [3.8, 4) is 0 Å². The first-order valence-electron chi connectivity index (χ1n) is 8.70. The molecular weight excluding hydrogens is 244 g/mol. The molecule has 120 valence electrons. The van der Waals surface area contributed by atoms with Gasteiger partial charge < -0.3 is 10.2 Å². The standard InChI is InChI=1S/C18H38N2/c1-8-11-19-17-9-10-18(5,6)12-16(17)13-20(7)15(4)14(2)3/h14-17,19H,8-13H2,1-7H3. The topological polar surface area (TPSA) is 15.3 Å². The molecule has 0 saturated heterocycles. The lowest BCUT2D eigenvalue weighted by Gasteiger charge is -2.44. The van der Waals surface area contributed by atoms with Gasteiger partial charge in [-0.25, -0.2) is 0 Å². The van der Waals surface area contributed by atoms with E-state index < -0.39 is 0 Å². The molecule has 0 radical (unpaired) electrons. The molecule has 3 atom stereocenters. The highest BCUT2D eigenvalue weighted by Crippen LogP contribution is 2.39. The third-order valence-electron chi connectivity index (χ3n) is 5.36. The van der Waals surface area contributed by atoms with Gasteiger partial charge in [-0.3, -0.25) is 0 Å². The van der Waals surface area contributed by atoms with Crippen LogP contribution in [0.5, 0.6) is 0 Å². The minimum absolute atomic E-state index is 0.525. The molecule has 1 N–H and O–H groups in total. The van der Waals surface area contributed by atoms with Crippen LogP contribution in [0.25, 0.3) is 0 Å². The summed E-state index contributed by atoms with van der Waals surface area (Å²) in [5.74, 6) is 1.54. The van der Waals surface area contributed by atoms with E-state index >= 15 is 0 Å². The van der Waals surface area contributed by atoms with Crippen LogP contribution in [-0.2, 0) is 0 Å². The lowest BCUT2D eigenvalue weighted by Crippen LogP contribution is -2.49. The molecule has 1 aliphatic rings. The zero-order chi connectivity index (χ0) is 15.3. The van der Waals surface area contributed by atoms with E-state index in [1.807, 2.05) is 0 Å². The van der Waals surface area contributed by atoms with Crippen molar-refractivity contribution in [3.63, 3.8) is 0 Å². The molecule has 2 heteroatoms. The van der Waals surface area contributed by atoms with Crippen molar-refractivity contribution >= 4 is 0 Å². The van der Waals surface area contributed by atoms with Crippen LogP contribution < -0.4 is 5.32 Å². The van der Waals surface area contributed by atoms with Crippen molar-refractivity contribution in [2.75, 3.05) is 20.1 Å². The smallest absolute Gasteiger partial charge is 0.0108 e. The maximum absolute atomic E-state index is 3.81. The Labute approximate surface area is 127 Å². The highest BCUT2D eigenvalue weighted by molar-refractivity contribution is 4.90. The van der Waals surface area contributed by atoms with Gasteiger partial charge in [-0.05, 0) is 63.5 Å². The van der Waals surface area contributed by atoms with Gasteiger partial charge in [0, 0.05) is 18.6 Å². The first-order valence-corrected chi connectivity index (χ1v) is 8.70. The molecule has 2 nitrogen and oxygen atoms in total. The van der Waals surface area contributed by atoms with Crippen molar-refractivity contribution in [2.24, 2.45) is 17.3 Å². The summed E-state index contributed by atoms with van der Waals surface area (Å²) in [4.78, 5) is 2.58. The van der Waals surface area contributed by atoms with Crippen LogP contribution >= 0.6 is 0 Å². The summed E-state index contributed by atoms with van der Waals surface area (Å²) < 4.78 is 0. The molecule has 0 amide bonds. The van der Waals surface area contributed by atoms with E-state index in [1.54, 1.807) is 0 Å². The highest BCUT2D eigenvalue weighted by Gasteiger charge is 2.35. The van der Waals surface area contributed by atoms with Gasteiger partial charge in [0.2, 0.25) is 0 Å². The Morgan fingerprint density at radius 3 is 2.45 bits per heavy atom. The minimum atomic E-state index is 0.525. The molecule has 0 aliphatic heterocycles. The first-order chi connectivity index (χ1) is 9.26. The van der Waals surface area contributed by atoms with E-state index in [0.29, 0.717) is 11.5 Å². The Morgan fingerprint density at radius 1 is 1.25 bits per heavy atom. The Kier molecular flexibility index (Phi) is 7.00. The Balaban J connectivity index is 2.63. The Morgan fingerprint density at radius 2 is 1.90 bits per heavy atom. The fourth-order valence-electron chi connectivity index (χ4n) is 3.57. The monoisotopic (exact) mass is 282 g/mol. The number of hydrogen-bond acceptors (Lipinski definition) is 2. The predicted molar refractivity (Wildman–Crippen MR) is 90.1 cm³/mol. The molecule has 1 aliphatic carbocycles. The molecule has 0 aromatic heterocycles. The van der Waals surface area contributed by atoms with E-state index in [9.17, 15) is 0 Å². The second-order valence-electron chi connectivity index (χ2n) is 8.15. The van der Waals surface area contributed by atoms with Crippen LogP contribution in [-0.4, -0.2) is 37.1 Å². The third-order valence-corrected chi connectivity index (χ3v) is 5.36. The third kappa shape index (κ3) is 5.37. The molecule has 3 unspecified atom stereocenters. The molecule has 0 bridgehead atoms. The van der Waals surface area contributed by atoms with Gasteiger partial charge in [0.05, 0.1) is 0 Å². The van der Waals surface area contributed by atoms with Crippen molar-refractivity contribution in [1.82, 2.24) is 10.2 Å². The van der Waals surface area contributed by atoms with Crippen LogP contribution in [0.15, 0.2) is 0 Å². The van der Waals surface area contributed by atoms with Crippen LogP contribution in [0.2, 0.25) is 0 Å². The predicted octanol–water partition coefficient (Wildman–Crippen LogP) is 4.16. The van der Waals surface area contributed by atoms with Gasteiger partial charge in [0.25, 0.3) is 0 Å². The summed E-state index contributed by atoms with van der Waals surface area (Å²) in [5, 5.41) is 3.81. The number of nitrogens with zero attached hydrogens (tertiary/aromatic N) is 1. The zero-order valence-electron chi connectivity index (χ0n) is 15.0. The average Bonchev–Trinajstić information content (AvgIpc) is 2.36. The fraction of sp³-hybridized carbons (Fsp3) is 1.00. The van der Waals surface area contributed by atoms with E-state index in [1.165, 1.54) is 38.8 Å². The van der Waals surface area contributed by atoms with Gasteiger partial charge in [0.15, 0.2) is 0 Å². The van der Waals surface area contributed by atoms with Crippen LogP contribution in [0.1, 0.15) is 67.2 Å². The average molecular weight is 283 g/mol. The van der Waals surface area contributed by atoms with E-state index in [0.717, 1.165) is 17.9 Å². The van der Waals surface area contributed by atoms with Crippen molar-refractivity contribution in [2.45, 2.75) is 79.3 Å². The molecule has 1 fully saturated rings. The van der Waals surface area contributed by atoms with Crippen LogP contribution in [0, 0.1) is 17.3 Å². The van der Waals surface area contributed by atoms with Crippen molar-refractivity contribution < 1.29 is 0 Å². The van der Waals surface area contributed by atoms with Crippen molar-refractivity contribution in [3.05, 3.63) is 0 Å². The quantitative estimate of drug-likeness (QED) is 0.754. The number of nitrogens with one attached hydrogen (secondary N) is 1. The molecule has 1 saturated carbocycles. The summed E-state index contributed by atoms with van der Waals surface area (Å²) >= 11 is 0. The fourth-order valence-corrected chi connectivity index (χ4v) is 3.57. The normalized spacial score (nSPS) is 28.1. The Hall–Kier alpha value is -0.0800. The summed E-state index contributed by atoms with van der Waals surface area (Å²) in [6.45, 7) is 16.6. The van der Waals surface area contributed by atoms with Gasteiger partial charge in [-0.15, -0.1) is 0 Å². The van der Waals surface area contributed by atoms with Crippen LogP contribution in [0.4, 0.5) is 0 Å². The molecule has 0 aromatic carbocycles. The lowest BCUT2D eigenvalue weighted by atomic mass is 9.69. The molecule has 20 heavy (non-hydrogen) atoms. The van der Waals surface area contributed by atoms with Gasteiger partial charge in [-0.2, -0.15) is 0 Å².